The van der Waals surface area contributed by atoms with Crippen molar-refractivity contribution < 1.29 is 24.2 Å². The highest BCUT2D eigenvalue weighted by molar-refractivity contribution is 5.83. The Morgan fingerprint density at radius 1 is 0.935 bits per heavy atom. The van der Waals surface area contributed by atoms with Crippen molar-refractivity contribution in [3.05, 3.63) is 59.7 Å². The van der Waals surface area contributed by atoms with E-state index >= 15 is 0 Å². The number of carboxylic acid groups (broad SMARTS) is 1. The number of ether oxygens (including phenoxy) is 1. The number of rotatable bonds is 7. The van der Waals surface area contributed by atoms with Crippen LogP contribution in [0.3, 0.4) is 0 Å². The van der Waals surface area contributed by atoms with Gasteiger partial charge in [-0.1, -0.05) is 55.0 Å². The number of benzene rings is 2. The van der Waals surface area contributed by atoms with Crippen LogP contribution in [0.5, 0.6) is 0 Å². The van der Waals surface area contributed by atoms with Crippen LogP contribution in [0.4, 0.5) is 4.79 Å². The maximum atomic E-state index is 12.4. The lowest BCUT2D eigenvalue weighted by atomic mass is 9.95. The third kappa shape index (κ3) is 4.55. The van der Waals surface area contributed by atoms with E-state index in [9.17, 15) is 14.4 Å². The Morgan fingerprint density at radius 2 is 1.58 bits per heavy atom. The first-order valence-corrected chi connectivity index (χ1v) is 10.6. The second-order valence-electron chi connectivity index (χ2n) is 8.12. The summed E-state index contributed by atoms with van der Waals surface area (Å²) >= 11 is 0. The molecule has 7 nitrogen and oxygen atoms in total. The molecule has 0 unspecified atom stereocenters. The van der Waals surface area contributed by atoms with Gasteiger partial charge in [0.05, 0.1) is 0 Å². The minimum atomic E-state index is -1.07. The molecule has 31 heavy (non-hydrogen) atoms. The molecule has 7 heteroatoms. The lowest BCUT2D eigenvalue weighted by molar-refractivity contribution is -0.138. The van der Waals surface area contributed by atoms with E-state index in [0.717, 1.165) is 24.0 Å². The van der Waals surface area contributed by atoms with Crippen molar-refractivity contribution in [2.45, 2.75) is 25.2 Å². The van der Waals surface area contributed by atoms with Crippen LogP contribution in [0.25, 0.3) is 11.1 Å². The second-order valence-corrected chi connectivity index (χ2v) is 8.12. The Bertz CT molecular complexity index is 944. The number of carbonyl (C=O) groups excluding carboxylic acids is 2. The molecule has 2 aromatic rings. The van der Waals surface area contributed by atoms with Gasteiger partial charge >= 0.3 is 12.1 Å². The molecule has 0 bridgehead atoms. The molecule has 0 heterocycles. The fraction of sp³-hybridized carbons (Fsp3) is 0.375. The second kappa shape index (κ2) is 9.20. The number of nitrogens with one attached hydrogen (secondary N) is 2. The number of hydrogen-bond acceptors (Lipinski definition) is 4. The normalized spacial score (nSPS) is 19.4. The molecule has 2 aliphatic carbocycles. The molecule has 0 aliphatic heterocycles. The molecule has 2 aromatic carbocycles. The average Bonchev–Trinajstić information content (AvgIpc) is 3.37. The van der Waals surface area contributed by atoms with Crippen LogP contribution in [-0.2, 0) is 14.3 Å². The van der Waals surface area contributed by atoms with E-state index in [1.54, 1.807) is 0 Å². The lowest BCUT2D eigenvalue weighted by Gasteiger charge is -2.20. The van der Waals surface area contributed by atoms with E-state index in [-0.39, 0.29) is 36.8 Å². The highest BCUT2D eigenvalue weighted by Gasteiger charge is 2.33. The molecule has 0 radical (unpaired) electrons. The van der Waals surface area contributed by atoms with E-state index in [2.05, 4.69) is 34.9 Å². The first-order valence-electron chi connectivity index (χ1n) is 10.6. The van der Waals surface area contributed by atoms with Gasteiger partial charge in [0.25, 0.3) is 0 Å². The number of alkyl carbamates (subject to hydrolysis) is 1. The molecule has 0 aromatic heterocycles. The van der Waals surface area contributed by atoms with Crippen LogP contribution in [0.15, 0.2) is 48.5 Å². The number of hydrogen-bond donors (Lipinski definition) is 3. The summed E-state index contributed by atoms with van der Waals surface area (Å²) in [5, 5.41) is 14.0. The minimum Gasteiger partial charge on any atom is -0.480 e. The van der Waals surface area contributed by atoms with Crippen molar-refractivity contribution in [1.29, 1.82) is 0 Å². The first-order chi connectivity index (χ1) is 15.0. The third-order valence-corrected chi connectivity index (χ3v) is 6.26. The van der Waals surface area contributed by atoms with E-state index in [0.29, 0.717) is 13.0 Å². The largest absolute Gasteiger partial charge is 0.480 e. The SMILES string of the molecule is O=C(O)CNC(=O)[C@@H]1CCC[C@@H]1CNC(=O)OCC1c2ccccc2-c2ccccc21. The van der Waals surface area contributed by atoms with E-state index < -0.39 is 12.1 Å². The van der Waals surface area contributed by atoms with Crippen molar-refractivity contribution in [3.63, 3.8) is 0 Å². The fourth-order valence-electron chi connectivity index (χ4n) is 4.78. The first kappa shape index (κ1) is 20.9. The highest BCUT2D eigenvalue weighted by atomic mass is 16.5. The Morgan fingerprint density at radius 3 is 2.23 bits per heavy atom. The number of fused-ring (bicyclic) bond motifs is 3. The van der Waals surface area contributed by atoms with Gasteiger partial charge in [0.2, 0.25) is 5.91 Å². The minimum absolute atomic E-state index is 0.000763. The molecule has 2 aliphatic rings. The van der Waals surface area contributed by atoms with Crippen molar-refractivity contribution in [3.8, 4) is 11.1 Å². The Kier molecular flexibility index (Phi) is 6.21. The lowest BCUT2D eigenvalue weighted by Crippen LogP contribution is -2.39. The number of carboxylic acids is 1. The number of aliphatic carboxylic acids is 1. The molecular formula is C24H26N2O5. The fourth-order valence-corrected chi connectivity index (χ4v) is 4.78. The van der Waals surface area contributed by atoms with Crippen LogP contribution in [0.1, 0.15) is 36.3 Å². The summed E-state index contributed by atoms with van der Waals surface area (Å²) in [5.74, 6) is -1.64. The smallest absolute Gasteiger partial charge is 0.407 e. The highest BCUT2D eigenvalue weighted by Crippen LogP contribution is 2.44. The number of amides is 2. The molecule has 2 amide bonds. The average molecular weight is 422 g/mol. The van der Waals surface area contributed by atoms with Crippen molar-refractivity contribution >= 4 is 18.0 Å². The topological polar surface area (TPSA) is 105 Å². The maximum absolute atomic E-state index is 12.4. The number of carbonyl (C=O) groups is 3. The van der Waals surface area contributed by atoms with Gasteiger partial charge in [0, 0.05) is 18.4 Å². The van der Waals surface area contributed by atoms with Crippen LogP contribution >= 0.6 is 0 Å². The van der Waals surface area contributed by atoms with Gasteiger partial charge in [-0.05, 0) is 41.0 Å². The van der Waals surface area contributed by atoms with Gasteiger partial charge in [-0.3, -0.25) is 9.59 Å². The van der Waals surface area contributed by atoms with Crippen LogP contribution in [0, 0.1) is 11.8 Å². The predicted octanol–water partition coefficient (Wildman–Crippen LogP) is 3.14. The molecule has 1 fully saturated rings. The van der Waals surface area contributed by atoms with E-state index in [1.165, 1.54) is 11.1 Å². The quantitative estimate of drug-likeness (QED) is 0.636. The van der Waals surface area contributed by atoms with Gasteiger partial charge in [-0.15, -0.1) is 0 Å². The molecule has 0 spiro atoms. The van der Waals surface area contributed by atoms with Gasteiger partial charge in [0.15, 0.2) is 0 Å². The van der Waals surface area contributed by atoms with Gasteiger partial charge < -0.3 is 20.5 Å². The van der Waals surface area contributed by atoms with Gasteiger partial charge in [-0.2, -0.15) is 0 Å². The van der Waals surface area contributed by atoms with Crippen LogP contribution in [0.2, 0.25) is 0 Å². The third-order valence-electron chi connectivity index (χ3n) is 6.26. The summed E-state index contributed by atoms with van der Waals surface area (Å²) in [5.41, 5.74) is 4.66. The molecule has 0 saturated heterocycles. The zero-order valence-electron chi connectivity index (χ0n) is 17.2. The Hall–Kier alpha value is -3.35. The van der Waals surface area contributed by atoms with Gasteiger partial charge in [-0.25, -0.2) is 4.79 Å². The molecule has 4 rings (SSSR count). The molecule has 2 atom stereocenters. The molecule has 162 valence electrons. The zero-order valence-corrected chi connectivity index (χ0v) is 17.2. The molecule has 3 N–H and O–H groups in total. The Labute approximate surface area is 180 Å². The summed E-state index contributed by atoms with van der Waals surface area (Å²) < 4.78 is 5.55. The van der Waals surface area contributed by atoms with E-state index in [4.69, 9.17) is 9.84 Å². The summed E-state index contributed by atoms with van der Waals surface area (Å²) in [6, 6.07) is 16.3. The molecular weight excluding hydrogens is 396 g/mol. The summed E-state index contributed by atoms with van der Waals surface area (Å²) in [4.78, 5) is 35.2. The van der Waals surface area contributed by atoms with Crippen LogP contribution < -0.4 is 10.6 Å². The van der Waals surface area contributed by atoms with E-state index in [1.807, 2.05) is 24.3 Å². The standard InChI is InChI=1S/C24H26N2O5/c27-22(28)13-25-23(29)16-11-5-6-15(16)12-26-24(30)31-14-21-19-9-3-1-7-17(19)18-8-2-4-10-20(18)21/h1-4,7-10,15-16,21H,5-6,11-14H2,(H,25,29)(H,26,30)(H,27,28)/t15-,16-/m1/s1. The van der Waals surface area contributed by atoms with Crippen molar-refractivity contribution in [2.24, 2.45) is 11.8 Å². The maximum Gasteiger partial charge on any atom is 0.407 e. The van der Waals surface area contributed by atoms with Crippen molar-refractivity contribution in [1.82, 2.24) is 10.6 Å². The van der Waals surface area contributed by atoms with Gasteiger partial charge in [0.1, 0.15) is 13.2 Å². The van der Waals surface area contributed by atoms with Crippen LogP contribution in [-0.4, -0.2) is 42.8 Å². The van der Waals surface area contributed by atoms with Crippen molar-refractivity contribution in [2.75, 3.05) is 19.7 Å². The summed E-state index contributed by atoms with van der Waals surface area (Å²) in [7, 11) is 0. The zero-order chi connectivity index (χ0) is 21.8. The Balaban J connectivity index is 1.31. The monoisotopic (exact) mass is 422 g/mol. The summed E-state index contributed by atoms with van der Waals surface area (Å²) in [6.45, 7) is 0.191. The molecule has 1 saturated carbocycles. The summed E-state index contributed by atoms with van der Waals surface area (Å²) in [6.07, 6.45) is 1.89. The predicted molar refractivity (Wildman–Crippen MR) is 115 cm³/mol.